The van der Waals surface area contributed by atoms with Gasteiger partial charge in [-0.25, -0.2) is 9.37 Å². The Morgan fingerprint density at radius 2 is 1.97 bits per heavy atom. The molecule has 0 amide bonds. The molecule has 0 spiro atoms. The van der Waals surface area contributed by atoms with Crippen LogP contribution in [-0.2, 0) is 18.6 Å². The van der Waals surface area contributed by atoms with Gasteiger partial charge in [-0.15, -0.1) is 11.3 Å². The number of hydrogen-bond donors (Lipinski definition) is 0. The monoisotopic (exact) mass is 436 g/mol. The van der Waals surface area contributed by atoms with Gasteiger partial charge in [0.1, 0.15) is 10.6 Å². The summed E-state index contributed by atoms with van der Waals surface area (Å²) in [6, 6.07) is 14.7. The fraction of sp³-hybridized carbons (Fsp3) is 0.250. The zero-order chi connectivity index (χ0) is 20.7. The Balaban J connectivity index is 1.69. The van der Waals surface area contributed by atoms with Crippen molar-refractivity contribution in [3.8, 4) is 5.69 Å². The van der Waals surface area contributed by atoms with Gasteiger partial charge in [-0.05, 0) is 67.5 Å². The van der Waals surface area contributed by atoms with Crippen LogP contribution in [0.2, 0.25) is 0 Å². The Labute approximate surface area is 182 Å². The average Bonchev–Trinajstić information content (AvgIpc) is 3.12. The van der Waals surface area contributed by atoms with Crippen molar-refractivity contribution >= 4 is 33.3 Å². The molecule has 2 heterocycles. The smallest absolute Gasteiger partial charge is 0.267 e. The molecule has 0 aliphatic heterocycles. The number of nitrogens with zero attached hydrogens (tertiary/aromatic N) is 2. The summed E-state index contributed by atoms with van der Waals surface area (Å²) in [7, 11) is 0. The van der Waals surface area contributed by atoms with Crippen molar-refractivity contribution in [3.05, 3.63) is 86.3 Å². The Hall–Kier alpha value is -2.44. The van der Waals surface area contributed by atoms with Gasteiger partial charge >= 0.3 is 0 Å². The summed E-state index contributed by atoms with van der Waals surface area (Å²) < 4.78 is 15.9. The number of aryl methyl sites for hydroxylation is 3. The van der Waals surface area contributed by atoms with Crippen LogP contribution >= 0.6 is 23.1 Å². The lowest BCUT2D eigenvalue weighted by molar-refractivity contribution is 0.617. The Morgan fingerprint density at radius 1 is 1.13 bits per heavy atom. The number of thioether (sulfide) groups is 1. The molecule has 2 aromatic heterocycles. The standard InChI is InChI=1S/C24H21FN2OS2/c1-15-7-6-9-17(13-15)27-23(28)21-18-10-3-5-12-20(18)30-22(21)26-24(27)29-14-16-8-2-4-11-19(16)25/h2,4,6-9,11,13H,3,5,10,12,14H2,1H3. The summed E-state index contributed by atoms with van der Waals surface area (Å²) in [5.41, 5.74) is 3.67. The van der Waals surface area contributed by atoms with E-state index in [1.54, 1.807) is 28.0 Å². The van der Waals surface area contributed by atoms with Crippen LogP contribution in [0.5, 0.6) is 0 Å². The van der Waals surface area contributed by atoms with Crippen LogP contribution < -0.4 is 5.56 Å². The van der Waals surface area contributed by atoms with Gasteiger partial charge in [0, 0.05) is 10.6 Å². The first-order valence-electron chi connectivity index (χ1n) is 10.1. The van der Waals surface area contributed by atoms with Crippen molar-refractivity contribution in [1.82, 2.24) is 9.55 Å². The molecular weight excluding hydrogens is 415 g/mol. The molecule has 2 aromatic carbocycles. The van der Waals surface area contributed by atoms with Crippen LogP contribution in [0.15, 0.2) is 58.5 Å². The lowest BCUT2D eigenvalue weighted by atomic mass is 9.97. The number of fused-ring (bicyclic) bond motifs is 3. The van der Waals surface area contributed by atoms with Crippen molar-refractivity contribution in [1.29, 1.82) is 0 Å². The van der Waals surface area contributed by atoms with E-state index < -0.39 is 0 Å². The summed E-state index contributed by atoms with van der Waals surface area (Å²) in [5.74, 6) is 0.184. The summed E-state index contributed by atoms with van der Waals surface area (Å²) >= 11 is 3.06. The summed E-state index contributed by atoms with van der Waals surface area (Å²) in [5, 5.41) is 1.38. The van der Waals surface area contributed by atoms with E-state index in [4.69, 9.17) is 4.98 Å². The first kappa shape index (κ1) is 19.5. The van der Waals surface area contributed by atoms with E-state index in [2.05, 4.69) is 0 Å². The van der Waals surface area contributed by atoms with Gasteiger partial charge in [0.25, 0.3) is 5.56 Å². The molecule has 0 saturated heterocycles. The number of hydrogen-bond acceptors (Lipinski definition) is 4. The lowest BCUT2D eigenvalue weighted by Crippen LogP contribution is -2.22. The molecule has 5 rings (SSSR count). The molecule has 152 valence electrons. The molecule has 0 saturated carbocycles. The molecule has 4 aromatic rings. The third kappa shape index (κ3) is 3.48. The molecule has 0 bridgehead atoms. The molecule has 0 N–H and O–H groups in total. The van der Waals surface area contributed by atoms with Crippen molar-refractivity contribution < 1.29 is 4.39 Å². The van der Waals surface area contributed by atoms with Gasteiger partial charge in [0.15, 0.2) is 5.16 Å². The summed E-state index contributed by atoms with van der Waals surface area (Å²) in [6.45, 7) is 2.01. The molecule has 0 fully saturated rings. The van der Waals surface area contributed by atoms with Crippen molar-refractivity contribution in [3.63, 3.8) is 0 Å². The van der Waals surface area contributed by atoms with E-state index in [0.717, 1.165) is 40.7 Å². The van der Waals surface area contributed by atoms with Crippen LogP contribution in [0, 0.1) is 12.7 Å². The topological polar surface area (TPSA) is 34.9 Å². The average molecular weight is 437 g/mol. The van der Waals surface area contributed by atoms with Crippen LogP contribution in [0.25, 0.3) is 15.9 Å². The molecule has 0 unspecified atom stereocenters. The van der Waals surface area contributed by atoms with Crippen LogP contribution in [0.4, 0.5) is 4.39 Å². The van der Waals surface area contributed by atoms with E-state index in [-0.39, 0.29) is 11.4 Å². The molecule has 0 radical (unpaired) electrons. The minimum atomic E-state index is -0.234. The third-order valence-corrected chi connectivity index (χ3v) is 7.71. The second kappa shape index (κ2) is 8.00. The third-order valence-electron chi connectivity index (χ3n) is 5.53. The van der Waals surface area contributed by atoms with E-state index in [1.807, 2.05) is 37.3 Å². The highest BCUT2D eigenvalue weighted by molar-refractivity contribution is 7.98. The predicted molar refractivity (Wildman–Crippen MR) is 123 cm³/mol. The molecule has 30 heavy (non-hydrogen) atoms. The Kier molecular flexibility index (Phi) is 5.21. The SMILES string of the molecule is Cc1cccc(-n2c(SCc3ccccc3F)nc3sc4c(c3c2=O)CCCC4)c1. The normalized spacial score (nSPS) is 13.5. The van der Waals surface area contributed by atoms with E-state index in [1.165, 1.54) is 34.7 Å². The second-order valence-corrected chi connectivity index (χ2v) is 9.67. The van der Waals surface area contributed by atoms with Gasteiger partial charge < -0.3 is 0 Å². The Bertz CT molecular complexity index is 1310. The largest absolute Gasteiger partial charge is 0.268 e. The molecule has 6 heteroatoms. The number of benzene rings is 2. The molecule has 1 aliphatic carbocycles. The fourth-order valence-electron chi connectivity index (χ4n) is 4.04. The molecule has 0 atom stereocenters. The van der Waals surface area contributed by atoms with Crippen molar-refractivity contribution in [2.24, 2.45) is 0 Å². The molecular formula is C24H21FN2OS2. The molecule has 3 nitrogen and oxygen atoms in total. The van der Waals surface area contributed by atoms with Gasteiger partial charge in [-0.3, -0.25) is 9.36 Å². The maximum absolute atomic E-state index is 14.2. The number of thiophene rings is 1. The van der Waals surface area contributed by atoms with Gasteiger partial charge in [-0.2, -0.15) is 0 Å². The second-order valence-electron chi connectivity index (χ2n) is 7.65. The van der Waals surface area contributed by atoms with Gasteiger partial charge in [0.2, 0.25) is 0 Å². The highest BCUT2D eigenvalue weighted by atomic mass is 32.2. The van der Waals surface area contributed by atoms with Gasteiger partial charge in [0.05, 0.1) is 11.1 Å². The first-order valence-corrected chi connectivity index (χ1v) is 11.9. The lowest BCUT2D eigenvalue weighted by Gasteiger charge is -2.14. The highest BCUT2D eigenvalue weighted by Crippen LogP contribution is 2.35. The predicted octanol–water partition coefficient (Wildman–Crippen LogP) is 6.07. The number of aromatic nitrogens is 2. The zero-order valence-electron chi connectivity index (χ0n) is 16.7. The minimum absolute atomic E-state index is 0.0129. The van der Waals surface area contributed by atoms with E-state index in [9.17, 15) is 9.18 Å². The van der Waals surface area contributed by atoms with Crippen LogP contribution in [-0.4, -0.2) is 9.55 Å². The van der Waals surface area contributed by atoms with Crippen LogP contribution in [0.3, 0.4) is 0 Å². The quantitative estimate of drug-likeness (QED) is 0.288. The first-order chi connectivity index (χ1) is 14.6. The van der Waals surface area contributed by atoms with Crippen molar-refractivity contribution in [2.45, 2.75) is 43.5 Å². The van der Waals surface area contributed by atoms with E-state index in [0.29, 0.717) is 16.5 Å². The minimum Gasteiger partial charge on any atom is -0.268 e. The maximum atomic E-state index is 14.2. The maximum Gasteiger partial charge on any atom is 0.267 e. The molecule has 1 aliphatic rings. The zero-order valence-corrected chi connectivity index (χ0v) is 18.3. The Morgan fingerprint density at radius 3 is 2.80 bits per heavy atom. The number of rotatable bonds is 4. The van der Waals surface area contributed by atoms with Gasteiger partial charge in [-0.1, -0.05) is 42.1 Å². The fourth-order valence-corrected chi connectivity index (χ4v) is 6.34. The highest BCUT2D eigenvalue weighted by Gasteiger charge is 2.23. The summed E-state index contributed by atoms with van der Waals surface area (Å²) in [6.07, 6.45) is 4.26. The van der Waals surface area contributed by atoms with Crippen LogP contribution in [0.1, 0.15) is 34.4 Å². The number of halogens is 1. The summed E-state index contributed by atoms with van der Waals surface area (Å²) in [4.78, 5) is 20.7. The van der Waals surface area contributed by atoms with E-state index >= 15 is 0 Å². The van der Waals surface area contributed by atoms with Crippen molar-refractivity contribution in [2.75, 3.05) is 0 Å².